The van der Waals surface area contributed by atoms with E-state index in [4.69, 9.17) is 9.26 Å². The van der Waals surface area contributed by atoms with E-state index in [1.807, 2.05) is 29.2 Å². The SMILES string of the molecule is COc1cccc(CC(=O)N2CCCCCCNC(=O)[C@H]3C[C@H](c4nc(-c5cnccn5)no4)C[C@H]32)c1. The summed E-state index contributed by atoms with van der Waals surface area (Å²) >= 11 is 0. The summed E-state index contributed by atoms with van der Waals surface area (Å²) < 4.78 is 10.9. The third-order valence-corrected chi connectivity index (χ3v) is 7.28. The van der Waals surface area contributed by atoms with E-state index in [1.54, 1.807) is 25.7 Å². The Kier molecular flexibility index (Phi) is 7.72. The molecule has 2 aromatic heterocycles. The molecule has 194 valence electrons. The molecule has 37 heavy (non-hydrogen) atoms. The Labute approximate surface area is 215 Å². The molecule has 1 aliphatic carbocycles. The Bertz CT molecular complexity index is 1220. The first kappa shape index (κ1) is 24.9. The van der Waals surface area contributed by atoms with E-state index in [1.165, 1.54) is 0 Å². The average molecular weight is 505 g/mol. The number of benzene rings is 1. The summed E-state index contributed by atoms with van der Waals surface area (Å²) in [7, 11) is 1.61. The van der Waals surface area contributed by atoms with Gasteiger partial charge in [-0.15, -0.1) is 0 Å². The minimum atomic E-state index is -0.343. The molecule has 1 saturated heterocycles. The lowest BCUT2D eigenvalue weighted by atomic mass is 9.99. The zero-order valence-electron chi connectivity index (χ0n) is 21.0. The van der Waals surface area contributed by atoms with Gasteiger partial charge < -0.3 is 19.5 Å². The van der Waals surface area contributed by atoms with Gasteiger partial charge in [0.05, 0.1) is 25.6 Å². The molecular formula is C27H32N6O4. The Morgan fingerprint density at radius 3 is 2.92 bits per heavy atom. The van der Waals surface area contributed by atoms with Gasteiger partial charge in [0.25, 0.3) is 0 Å². The number of aromatic nitrogens is 4. The third kappa shape index (κ3) is 5.79. The van der Waals surface area contributed by atoms with Crippen LogP contribution in [0.25, 0.3) is 11.5 Å². The average Bonchev–Trinajstić information content (AvgIpc) is 3.58. The van der Waals surface area contributed by atoms with Crippen LogP contribution in [-0.2, 0) is 16.0 Å². The highest BCUT2D eigenvalue weighted by Crippen LogP contribution is 2.41. The van der Waals surface area contributed by atoms with Crippen molar-refractivity contribution < 1.29 is 18.8 Å². The van der Waals surface area contributed by atoms with Gasteiger partial charge in [-0.05, 0) is 43.4 Å². The highest BCUT2D eigenvalue weighted by Gasteiger charge is 2.45. The van der Waals surface area contributed by atoms with Crippen molar-refractivity contribution in [3.05, 3.63) is 54.3 Å². The minimum Gasteiger partial charge on any atom is -0.497 e. The van der Waals surface area contributed by atoms with Crippen molar-refractivity contribution in [2.45, 2.75) is 56.9 Å². The van der Waals surface area contributed by atoms with E-state index < -0.39 is 0 Å². The van der Waals surface area contributed by atoms with E-state index in [9.17, 15) is 9.59 Å². The van der Waals surface area contributed by atoms with Gasteiger partial charge in [-0.1, -0.05) is 30.1 Å². The Hall–Kier alpha value is -3.82. The van der Waals surface area contributed by atoms with Crippen LogP contribution in [0.5, 0.6) is 5.75 Å². The number of nitrogens with one attached hydrogen (secondary N) is 1. The van der Waals surface area contributed by atoms with Crippen LogP contribution in [0.3, 0.4) is 0 Å². The Balaban J connectivity index is 1.40. The largest absolute Gasteiger partial charge is 0.497 e. The lowest BCUT2D eigenvalue weighted by Crippen LogP contribution is -2.47. The molecule has 3 atom stereocenters. The molecule has 1 aliphatic heterocycles. The number of hydrogen-bond donors (Lipinski definition) is 1. The van der Waals surface area contributed by atoms with Crippen molar-refractivity contribution in [2.75, 3.05) is 20.2 Å². The van der Waals surface area contributed by atoms with Crippen LogP contribution in [0.2, 0.25) is 0 Å². The Morgan fingerprint density at radius 2 is 2.08 bits per heavy atom. The molecule has 0 radical (unpaired) electrons. The molecule has 10 heteroatoms. The number of hydrogen-bond acceptors (Lipinski definition) is 8. The summed E-state index contributed by atoms with van der Waals surface area (Å²) in [5.74, 6) is 1.08. The molecule has 0 unspecified atom stereocenters. The molecular weight excluding hydrogens is 472 g/mol. The summed E-state index contributed by atoms with van der Waals surface area (Å²) in [6.07, 6.45) is 10.0. The smallest absolute Gasteiger partial charge is 0.230 e. The summed E-state index contributed by atoms with van der Waals surface area (Å²) in [5.41, 5.74) is 1.42. The van der Waals surface area contributed by atoms with Crippen molar-refractivity contribution in [3.63, 3.8) is 0 Å². The summed E-state index contributed by atoms with van der Waals surface area (Å²) in [6.45, 7) is 1.28. The lowest BCUT2D eigenvalue weighted by Gasteiger charge is -2.33. The number of carbonyl (C=O) groups excluding carboxylic acids is 2. The quantitative estimate of drug-likeness (QED) is 0.562. The second kappa shape index (κ2) is 11.5. The molecule has 1 aromatic carbocycles. The summed E-state index contributed by atoms with van der Waals surface area (Å²) in [6, 6.07) is 7.33. The first-order valence-corrected chi connectivity index (χ1v) is 12.9. The van der Waals surface area contributed by atoms with Crippen LogP contribution in [0, 0.1) is 5.92 Å². The highest BCUT2D eigenvalue weighted by atomic mass is 16.5. The molecule has 10 nitrogen and oxygen atoms in total. The fourth-order valence-electron chi connectivity index (χ4n) is 5.40. The van der Waals surface area contributed by atoms with Crippen LogP contribution >= 0.6 is 0 Å². The zero-order chi connectivity index (χ0) is 25.6. The summed E-state index contributed by atoms with van der Waals surface area (Å²) in [5, 5.41) is 7.19. The number of amides is 2. The van der Waals surface area contributed by atoms with Crippen molar-refractivity contribution in [2.24, 2.45) is 5.92 Å². The van der Waals surface area contributed by atoms with Crippen LogP contribution in [-0.4, -0.2) is 63.1 Å². The molecule has 3 heterocycles. The third-order valence-electron chi connectivity index (χ3n) is 7.28. The molecule has 1 saturated carbocycles. The number of methoxy groups -OCH3 is 1. The maximum atomic E-state index is 13.7. The predicted molar refractivity (Wildman–Crippen MR) is 134 cm³/mol. The minimum absolute atomic E-state index is 0.0118. The molecule has 3 aromatic rings. The Morgan fingerprint density at radius 1 is 1.19 bits per heavy atom. The second-order valence-corrected chi connectivity index (χ2v) is 9.71. The van der Waals surface area contributed by atoms with Gasteiger partial charge >= 0.3 is 0 Å². The predicted octanol–water partition coefficient (Wildman–Crippen LogP) is 3.16. The lowest BCUT2D eigenvalue weighted by molar-refractivity contribution is -0.136. The first-order valence-electron chi connectivity index (χ1n) is 12.9. The second-order valence-electron chi connectivity index (χ2n) is 9.71. The number of carbonyl (C=O) groups is 2. The van der Waals surface area contributed by atoms with Gasteiger partial charge in [0.15, 0.2) is 0 Å². The fourth-order valence-corrected chi connectivity index (χ4v) is 5.40. The molecule has 5 rings (SSSR count). The first-order chi connectivity index (χ1) is 18.1. The van der Waals surface area contributed by atoms with Gasteiger partial charge in [0.1, 0.15) is 11.4 Å². The fraction of sp³-hybridized carbons (Fsp3) is 0.481. The van der Waals surface area contributed by atoms with Gasteiger partial charge in [-0.3, -0.25) is 14.6 Å². The molecule has 0 spiro atoms. The number of nitrogens with zero attached hydrogens (tertiary/aromatic N) is 5. The van der Waals surface area contributed by atoms with E-state index in [2.05, 4.69) is 25.4 Å². The van der Waals surface area contributed by atoms with Gasteiger partial charge in [-0.2, -0.15) is 4.98 Å². The van der Waals surface area contributed by atoms with E-state index >= 15 is 0 Å². The molecule has 0 bridgehead atoms. The maximum Gasteiger partial charge on any atom is 0.230 e. The normalized spacial score (nSPS) is 22.6. The summed E-state index contributed by atoms with van der Waals surface area (Å²) in [4.78, 5) is 41.8. The highest BCUT2D eigenvalue weighted by molar-refractivity contribution is 5.83. The molecule has 2 amide bonds. The molecule has 2 fully saturated rings. The molecule has 2 aliphatic rings. The van der Waals surface area contributed by atoms with Crippen molar-refractivity contribution >= 4 is 11.8 Å². The number of fused-ring (bicyclic) bond motifs is 1. The maximum absolute atomic E-state index is 13.7. The van der Waals surface area contributed by atoms with Gasteiger partial charge in [0.2, 0.25) is 23.5 Å². The molecule has 1 N–H and O–H groups in total. The topological polar surface area (TPSA) is 123 Å². The number of rotatable bonds is 5. The zero-order valence-corrected chi connectivity index (χ0v) is 21.0. The van der Waals surface area contributed by atoms with Gasteiger partial charge in [0, 0.05) is 37.4 Å². The van der Waals surface area contributed by atoms with Crippen LogP contribution in [0.15, 0.2) is 47.4 Å². The van der Waals surface area contributed by atoms with Crippen LogP contribution < -0.4 is 10.1 Å². The van der Waals surface area contributed by atoms with E-state index in [0.29, 0.717) is 43.3 Å². The monoisotopic (exact) mass is 504 g/mol. The van der Waals surface area contributed by atoms with Crippen molar-refractivity contribution in [1.82, 2.24) is 30.3 Å². The van der Waals surface area contributed by atoms with Crippen LogP contribution in [0.1, 0.15) is 55.9 Å². The van der Waals surface area contributed by atoms with Gasteiger partial charge in [-0.25, -0.2) is 4.98 Å². The van der Waals surface area contributed by atoms with Crippen LogP contribution in [0.4, 0.5) is 0 Å². The van der Waals surface area contributed by atoms with E-state index in [-0.39, 0.29) is 36.1 Å². The van der Waals surface area contributed by atoms with Crippen molar-refractivity contribution in [1.29, 1.82) is 0 Å². The standard InChI is InChI=1S/C27H32N6O4/c1-36-20-8-6-7-18(13-20)14-24(34)33-12-5-3-2-4-9-30-26(35)21-15-19(16-23(21)33)27-31-25(32-37-27)22-17-28-10-11-29-22/h6-8,10-11,13,17,19,21,23H,2-5,9,12,14-16H2,1H3,(H,30,35)/t19-,21-,23+/m0/s1. The number of ether oxygens (including phenoxy) is 1. The van der Waals surface area contributed by atoms with Crippen molar-refractivity contribution in [3.8, 4) is 17.3 Å². The van der Waals surface area contributed by atoms with E-state index in [0.717, 1.165) is 37.0 Å².